The number of thiophene rings is 1. The topological polar surface area (TPSA) is 33.2 Å². The quantitative estimate of drug-likeness (QED) is 0.711. The van der Waals surface area contributed by atoms with Gasteiger partial charge in [0.2, 0.25) is 0 Å². The lowest BCUT2D eigenvalue weighted by Crippen LogP contribution is -2.26. The molecule has 1 aliphatic carbocycles. The van der Waals surface area contributed by atoms with Crippen LogP contribution in [0.2, 0.25) is 0 Å². The lowest BCUT2D eigenvalue weighted by atomic mass is 10.0. The number of carbonyl (C=O) groups is 1. The molecule has 1 amide bonds. The Bertz CT molecular complexity index is 853. The van der Waals surface area contributed by atoms with E-state index in [2.05, 4.69) is 6.07 Å². The summed E-state index contributed by atoms with van der Waals surface area (Å²) in [5, 5.41) is 2.99. The molecular weight excluding hydrogens is 304 g/mol. The van der Waals surface area contributed by atoms with Crippen LogP contribution in [0.3, 0.4) is 0 Å². The molecule has 3 aromatic rings. The van der Waals surface area contributed by atoms with E-state index in [1.165, 1.54) is 17.7 Å². The monoisotopic (exact) mass is 322 g/mol. The highest BCUT2D eigenvalue weighted by molar-refractivity contribution is 7.09. The number of rotatable bonds is 4. The lowest BCUT2D eigenvalue weighted by Gasteiger charge is -2.18. The van der Waals surface area contributed by atoms with E-state index in [1.807, 2.05) is 48.8 Å². The molecule has 0 unspecified atom stereocenters. The van der Waals surface area contributed by atoms with Gasteiger partial charge in [-0.1, -0.05) is 24.3 Å². The van der Waals surface area contributed by atoms with Gasteiger partial charge in [-0.15, -0.1) is 11.3 Å². The second kappa shape index (κ2) is 5.78. The minimum absolute atomic E-state index is 0.0684. The molecule has 3 nitrogen and oxygen atoms in total. The number of para-hydroxylation sites is 1. The van der Waals surface area contributed by atoms with Crippen molar-refractivity contribution in [3.8, 4) is 0 Å². The van der Waals surface area contributed by atoms with Gasteiger partial charge < -0.3 is 4.90 Å². The molecule has 0 spiro atoms. The Kier molecular flexibility index (Phi) is 3.62. The van der Waals surface area contributed by atoms with Gasteiger partial charge in [0.15, 0.2) is 0 Å². The molecule has 23 heavy (non-hydrogen) atoms. The maximum atomic E-state index is 13.0. The van der Waals surface area contributed by atoms with Crippen molar-refractivity contribution in [2.45, 2.75) is 25.3 Å². The van der Waals surface area contributed by atoms with E-state index >= 15 is 0 Å². The first-order chi connectivity index (χ1) is 11.2. The van der Waals surface area contributed by atoms with Crippen LogP contribution in [0.4, 0.5) is 0 Å². The van der Waals surface area contributed by atoms with Crippen molar-refractivity contribution in [3.63, 3.8) is 0 Å². The summed E-state index contributed by atoms with van der Waals surface area (Å²) in [7, 11) is 1.87. The van der Waals surface area contributed by atoms with E-state index in [-0.39, 0.29) is 5.91 Å². The molecule has 0 saturated heterocycles. The summed E-state index contributed by atoms with van der Waals surface area (Å²) < 4.78 is 0. The van der Waals surface area contributed by atoms with Crippen molar-refractivity contribution in [1.82, 2.24) is 9.88 Å². The standard InChI is InChI=1S/C19H18N2OS/c1-21(12-14-5-4-10-23-14)19(22)16-11-18(13-8-9-13)20-17-7-3-2-6-15(16)17/h2-7,10-11,13H,8-9,12H2,1H3. The number of pyridine rings is 1. The molecule has 0 N–H and O–H groups in total. The van der Waals surface area contributed by atoms with Gasteiger partial charge in [0.1, 0.15) is 0 Å². The van der Waals surface area contributed by atoms with Crippen molar-refractivity contribution < 1.29 is 4.79 Å². The SMILES string of the molecule is CN(Cc1cccs1)C(=O)c1cc(C2CC2)nc2ccccc12. The molecule has 0 radical (unpaired) electrons. The van der Waals surface area contributed by atoms with Gasteiger partial charge in [-0.25, -0.2) is 0 Å². The van der Waals surface area contributed by atoms with Crippen LogP contribution in [0.15, 0.2) is 47.8 Å². The summed E-state index contributed by atoms with van der Waals surface area (Å²) in [6.07, 6.45) is 2.37. The highest BCUT2D eigenvalue weighted by atomic mass is 32.1. The van der Waals surface area contributed by atoms with Gasteiger partial charge in [-0.2, -0.15) is 0 Å². The summed E-state index contributed by atoms with van der Waals surface area (Å²) in [5.74, 6) is 0.604. The van der Waals surface area contributed by atoms with Gasteiger partial charge in [-0.05, 0) is 36.4 Å². The summed E-state index contributed by atoms with van der Waals surface area (Å²) in [6, 6.07) is 14.0. The first-order valence-corrected chi connectivity index (χ1v) is 8.78. The van der Waals surface area contributed by atoms with E-state index in [0.717, 1.165) is 22.2 Å². The number of benzene rings is 1. The molecule has 1 saturated carbocycles. The van der Waals surface area contributed by atoms with E-state index < -0.39 is 0 Å². The minimum Gasteiger partial charge on any atom is -0.337 e. The molecular formula is C19H18N2OS. The molecule has 0 bridgehead atoms. The van der Waals surface area contributed by atoms with Crippen LogP contribution >= 0.6 is 11.3 Å². The van der Waals surface area contributed by atoms with Crippen molar-refractivity contribution in [3.05, 3.63) is 64.0 Å². The van der Waals surface area contributed by atoms with Crippen molar-refractivity contribution >= 4 is 28.1 Å². The first-order valence-electron chi connectivity index (χ1n) is 7.90. The van der Waals surface area contributed by atoms with Crippen LogP contribution in [0.1, 0.15) is 39.7 Å². The molecule has 0 atom stereocenters. The van der Waals surface area contributed by atoms with Gasteiger partial charge in [0, 0.05) is 28.9 Å². The highest BCUT2D eigenvalue weighted by Gasteiger charge is 2.27. The third-order valence-corrected chi connectivity index (χ3v) is 5.14. The molecule has 2 aromatic heterocycles. The second-order valence-electron chi connectivity index (χ2n) is 6.13. The normalized spacial score (nSPS) is 14.1. The fraction of sp³-hybridized carbons (Fsp3) is 0.263. The average molecular weight is 322 g/mol. The molecule has 1 aliphatic rings. The Morgan fingerprint density at radius 3 is 2.83 bits per heavy atom. The maximum Gasteiger partial charge on any atom is 0.254 e. The number of hydrogen-bond acceptors (Lipinski definition) is 3. The zero-order chi connectivity index (χ0) is 15.8. The van der Waals surface area contributed by atoms with Gasteiger partial charge in [-0.3, -0.25) is 9.78 Å². The Morgan fingerprint density at radius 1 is 1.26 bits per heavy atom. The zero-order valence-electron chi connectivity index (χ0n) is 13.0. The number of aromatic nitrogens is 1. The van der Waals surface area contributed by atoms with Gasteiger partial charge in [0.05, 0.1) is 17.6 Å². The van der Waals surface area contributed by atoms with Crippen molar-refractivity contribution in [2.75, 3.05) is 7.05 Å². The Balaban J connectivity index is 1.72. The number of amides is 1. The predicted octanol–water partition coefficient (Wildman–Crippen LogP) is 4.45. The molecule has 4 rings (SSSR count). The van der Waals surface area contributed by atoms with Crippen molar-refractivity contribution in [1.29, 1.82) is 0 Å². The van der Waals surface area contributed by atoms with E-state index in [4.69, 9.17) is 4.98 Å². The number of fused-ring (bicyclic) bond motifs is 1. The van der Waals surface area contributed by atoms with Crippen LogP contribution in [-0.2, 0) is 6.54 Å². The van der Waals surface area contributed by atoms with Crippen LogP contribution in [0.25, 0.3) is 10.9 Å². The van der Waals surface area contributed by atoms with E-state index in [9.17, 15) is 4.79 Å². The summed E-state index contributed by atoms with van der Waals surface area (Å²) in [5.41, 5.74) is 2.76. The third-order valence-electron chi connectivity index (χ3n) is 4.28. The van der Waals surface area contributed by atoms with Crippen LogP contribution in [-0.4, -0.2) is 22.8 Å². The molecule has 116 valence electrons. The maximum absolute atomic E-state index is 13.0. The highest BCUT2D eigenvalue weighted by Crippen LogP contribution is 2.40. The molecule has 4 heteroatoms. The smallest absolute Gasteiger partial charge is 0.254 e. The Morgan fingerprint density at radius 2 is 2.09 bits per heavy atom. The van der Waals surface area contributed by atoms with Gasteiger partial charge in [0.25, 0.3) is 5.91 Å². The third kappa shape index (κ3) is 2.86. The fourth-order valence-corrected chi connectivity index (χ4v) is 3.63. The summed E-state index contributed by atoms with van der Waals surface area (Å²) in [4.78, 5) is 20.7. The van der Waals surface area contributed by atoms with E-state index in [0.29, 0.717) is 12.5 Å². The predicted molar refractivity (Wildman–Crippen MR) is 93.8 cm³/mol. The number of hydrogen-bond donors (Lipinski definition) is 0. The molecule has 0 aliphatic heterocycles. The van der Waals surface area contributed by atoms with Gasteiger partial charge >= 0.3 is 0 Å². The number of carbonyl (C=O) groups excluding carboxylic acids is 1. The van der Waals surface area contributed by atoms with Crippen LogP contribution in [0, 0.1) is 0 Å². The van der Waals surface area contributed by atoms with Crippen LogP contribution in [0.5, 0.6) is 0 Å². The first kappa shape index (κ1) is 14.4. The van der Waals surface area contributed by atoms with Crippen LogP contribution < -0.4 is 0 Å². The molecule has 1 fully saturated rings. The largest absolute Gasteiger partial charge is 0.337 e. The summed E-state index contributed by atoms with van der Waals surface area (Å²) >= 11 is 1.68. The fourth-order valence-electron chi connectivity index (χ4n) is 2.87. The Hall–Kier alpha value is -2.20. The zero-order valence-corrected chi connectivity index (χ0v) is 13.8. The second-order valence-corrected chi connectivity index (χ2v) is 7.16. The molecule has 1 aromatic carbocycles. The summed E-state index contributed by atoms with van der Waals surface area (Å²) in [6.45, 7) is 0.645. The molecule has 2 heterocycles. The lowest BCUT2D eigenvalue weighted by molar-refractivity contribution is 0.0788. The Labute approximate surface area is 139 Å². The van der Waals surface area contributed by atoms with E-state index in [1.54, 1.807) is 16.2 Å². The number of nitrogens with zero attached hydrogens (tertiary/aromatic N) is 2. The average Bonchev–Trinajstić information content (AvgIpc) is 3.31. The van der Waals surface area contributed by atoms with Crippen molar-refractivity contribution in [2.24, 2.45) is 0 Å². The minimum atomic E-state index is 0.0684.